The molecular formula is C12H26O2S. The van der Waals surface area contributed by atoms with E-state index in [1.54, 1.807) is 7.11 Å². The molecule has 0 aliphatic carbocycles. The molecule has 0 aliphatic heterocycles. The molecule has 0 aromatic heterocycles. The third-order valence-electron chi connectivity index (χ3n) is 2.78. The van der Waals surface area contributed by atoms with Gasteiger partial charge in [0.15, 0.2) is 0 Å². The van der Waals surface area contributed by atoms with Crippen molar-refractivity contribution in [3.8, 4) is 0 Å². The van der Waals surface area contributed by atoms with E-state index in [2.05, 4.69) is 33.4 Å². The standard InChI is InChI=1S/C12H26O2S/c1-11(6-10-15)5-8-14-9-7-12(2,3)13-4/h11,15H,5-10H2,1-4H3. The maximum atomic E-state index is 5.58. The molecule has 0 aromatic rings. The van der Waals surface area contributed by atoms with E-state index < -0.39 is 0 Å². The fraction of sp³-hybridized carbons (Fsp3) is 1.00. The van der Waals surface area contributed by atoms with Crippen molar-refractivity contribution in [1.29, 1.82) is 0 Å². The minimum Gasteiger partial charge on any atom is -0.381 e. The van der Waals surface area contributed by atoms with Crippen molar-refractivity contribution in [2.75, 3.05) is 26.1 Å². The summed E-state index contributed by atoms with van der Waals surface area (Å²) < 4.78 is 10.9. The van der Waals surface area contributed by atoms with Gasteiger partial charge in [0.2, 0.25) is 0 Å². The van der Waals surface area contributed by atoms with E-state index in [1.165, 1.54) is 6.42 Å². The number of hydrogen-bond acceptors (Lipinski definition) is 3. The fourth-order valence-corrected chi connectivity index (χ4v) is 1.61. The summed E-state index contributed by atoms with van der Waals surface area (Å²) in [6, 6.07) is 0. The molecule has 0 aromatic carbocycles. The lowest BCUT2D eigenvalue weighted by molar-refractivity contribution is -0.0109. The molecule has 15 heavy (non-hydrogen) atoms. The molecule has 1 unspecified atom stereocenters. The lowest BCUT2D eigenvalue weighted by atomic mass is 10.1. The molecule has 0 aliphatic rings. The van der Waals surface area contributed by atoms with Crippen LogP contribution in [0.2, 0.25) is 0 Å². The summed E-state index contributed by atoms with van der Waals surface area (Å²) in [5.41, 5.74) is -0.0588. The largest absolute Gasteiger partial charge is 0.381 e. The molecular weight excluding hydrogens is 208 g/mol. The third kappa shape index (κ3) is 9.21. The second-order valence-corrected chi connectivity index (χ2v) is 5.18. The van der Waals surface area contributed by atoms with Crippen LogP contribution in [0.1, 0.15) is 40.0 Å². The first-order valence-electron chi connectivity index (χ1n) is 5.75. The second kappa shape index (κ2) is 8.43. The minimum absolute atomic E-state index is 0.0588. The Morgan fingerprint density at radius 3 is 2.40 bits per heavy atom. The molecule has 0 spiro atoms. The average molecular weight is 234 g/mol. The summed E-state index contributed by atoms with van der Waals surface area (Å²) >= 11 is 4.22. The van der Waals surface area contributed by atoms with Gasteiger partial charge in [-0.25, -0.2) is 0 Å². The Labute approximate surface area is 100 Å². The van der Waals surface area contributed by atoms with Crippen LogP contribution in [-0.2, 0) is 9.47 Å². The van der Waals surface area contributed by atoms with Crippen LogP contribution in [0.5, 0.6) is 0 Å². The predicted molar refractivity (Wildman–Crippen MR) is 68.8 cm³/mol. The fourth-order valence-electron chi connectivity index (χ4n) is 1.17. The SMILES string of the molecule is COC(C)(C)CCOCCC(C)CCS. The molecule has 92 valence electrons. The Bertz CT molecular complexity index is 149. The molecule has 0 fully saturated rings. The predicted octanol–water partition coefficient (Wildman–Crippen LogP) is 3.16. The molecule has 0 N–H and O–H groups in total. The van der Waals surface area contributed by atoms with Gasteiger partial charge in [0.25, 0.3) is 0 Å². The van der Waals surface area contributed by atoms with Crippen LogP contribution in [0.15, 0.2) is 0 Å². The molecule has 2 nitrogen and oxygen atoms in total. The Balaban J connectivity index is 3.32. The van der Waals surface area contributed by atoms with Crippen LogP contribution >= 0.6 is 12.6 Å². The lowest BCUT2D eigenvalue weighted by Gasteiger charge is -2.22. The molecule has 0 radical (unpaired) electrons. The summed E-state index contributed by atoms with van der Waals surface area (Å²) in [4.78, 5) is 0. The van der Waals surface area contributed by atoms with Crippen molar-refractivity contribution in [1.82, 2.24) is 0 Å². The highest BCUT2D eigenvalue weighted by atomic mass is 32.1. The first-order valence-corrected chi connectivity index (χ1v) is 6.39. The average Bonchev–Trinajstić information content (AvgIpc) is 2.17. The van der Waals surface area contributed by atoms with Gasteiger partial charge in [-0.2, -0.15) is 12.6 Å². The van der Waals surface area contributed by atoms with Gasteiger partial charge >= 0.3 is 0 Å². The van der Waals surface area contributed by atoms with Gasteiger partial charge in [0, 0.05) is 20.3 Å². The number of hydrogen-bond donors (Lipinski definition) is 1. The zero-order valence-corrected chi connectivity index (χ0v) is 11.5. The van der Waals surface area contributed by atoms with Crippen molar-refractivity contribution in [2.24, 2.45) is 5.92 Å². The second-order valence-electron chi connectivity index (χ2n) is 4.73. The highest BCUT2D eigenvalue weighted by molar-refractivity contribution is 7.80. The number of rotatable bonds is 9. The molecule has 0 bridgehead atoms. The maximum absolute atomic E-state index is 5.58. The number of ether oxygens (including phenoxy) is 2. The van der Waals surface area contributed by atoms with Crippen LogP contribution in [0.3, 0.4) is 0 Å². The zero-order valence-electron chi connectivity index (χ0n) is 10.6. The number of thiol groups is 1. The van der Waals surface area contributed by atoms with E-state index >= 15 is 0 Å². The molecule has 0 heterocycles. The monoisotopic (exact) mass is 234 g/mol. The van der Waals surface area contributed by atoms with Gasteiger partial charge in [-0.15, -0.1) is 0 Å². The van der Waals surface area contributed by atoms with Crippen LogP contribution < -0.4 is 0 Å². The molecule has 0 saturated carbocycles. The number of methoxy groups -OCH3 is 1. The van der Waals surface area contributed by atoms with E-state index in [0.717, 1.165) is 37.7 Å². The molecule has 0 rings (SSSR count). The Kier molecular flexibility index (Phi) is 8.58. The summed E-state index contributed by atoms with van der Waals surface area (Å²) in [7, 11) is 1.74. The summed E-state index contributed by atoms with van der Waals surface area (Å²) in [5.74, 6) is 1.69. The minimum atomic E-state index is -0.0588. The van der Waals surface area contributed by atoms with Gasteiger partial charge in [0.1, 0.15) is 0 Å². The van der Waals surface area contributed by atoms with Gasteiger partial charge in [0.05, 0.1) is 5.60 Å². The van der Waals surface area contributed by atoms with Crippen LogP contribution in [0.25, 0.3) is 0 Å². The van der Waals surface area contributed by atoms with Gasteiger partial charge in [-0.05, 0) is 44.8 Å². The quantitative estimate of drug-likeness (QED) is 0.488. The summed E-state index contributed by atoms with van der Waals surface area (Å²) in [6.45, 7) is 8.06. The molecule has 3 heteroatoms. The van der Waals surface area contributed by atoms with E-state index in [4.69, 9.17) is 9.47 Å². The van der Waals surface area contributed by atoms with Crippen molar-refractivity contribution in [2.45, 2.75) is 45.6 Å². The third-order valence-corrected chi connectivity index (χ3v) is 3.04. The van der Waals surface area contributed by atoms with E-state index in [-0.39, 0.29) is 5.60 Å². The van der Waals surface area contributed by atoms with Crippen molar-refractivity contribution < 1.29 is 9.47 Å². The normalized spacial score (nSPS) is 14.2. The molecule has 0 saturated heterocycles. The van der Waals surface area contributed by atoms with Crippen LogP contribution in [0.4, 0.5) is 0 Å². The van der Waals surface area contributed by atoms with Gasteiger partial charge < -0.3 is 9.47 Å². The van der Waals surface area contributed by atoms with E-state index in [0.29, 0.717) is 0 Å². The summed E-state index contributed by atoms with van der Waals surface area (Å²) in [5, 5.41) is 0. The van der Waals surface area contributed by atoms with E-state index in [1.807, 2.05) is 0 Å². The Morgan fingerprint density at radius 2 is 1.87 bits per heavy atom. The van der Waals surface area contributed by atoms with Crippen molar-refractivity contribution >= 4 is 12.6 Å². The zero-order chi connectivity index (χ0) is 11.7. The van der Waals surface area contributed by atoms with Gasteiger partial charge in [-0.3, -0.25) is 0 Å². The summed E-state index contributed by atoms with van der Waals surface area (Å²) in [6.07, 6.45) is 3.26. The van der Waals surface area contributed by atoms with Crippen molar-refractivity contribution in [3.05, 3.63) is 0 Å². The first kappa shape index (κ1) is 15.3. The smallest absolute Gasteiger partial charge is 0.0644 e. The Hall–Kier alpha value is 0.270. The first-order chi connectivity index (χ1) is 7.02. The topological polar surface area (TPSA) is 18.5 Å². The van der Waals surface area contributed by atoms with E-state index in [9.17, 15) is 0 Å². The maximum Gasteiger partial charge on any atom is 0.0644 e. The molecule has 0 amide bonds. The lowest BCUT2D eigenvalue weighted by Crippen LogP contribution is -2.24. The Morgan fingerprint density at radius 1 is 1.20 bits per heavy atom. The highest BCUT2D eigenvalue weighted by Crippen LogP contribution is 2.13. The van der Waals surface area contributed by atoms with Gasteiger partial charge in [-0.1, -0.05) is 6.92 Å². The van der Waals surface area contributed by atoms with Crippen LogP contribution in [-0.4, -0.2) is 31.7 Å². The molecule has 1 atom stereocenters. The van der Waals surface area contributed by atoms with Crippen molar-refractivity contribution in [3.63, 3.8) is 0 Å². The van der Waals surface area contributed by atoms with Crippen LogP contribution in [0, 0.1) is 5.92 Å². The highest BCUT2D eigenvalue weighted by Gasteiger charge is 2.15.